The molecule has 0 saturated heterocycles. The fourth-order valence-electron chi connectivity index (χ4n) is 1.25. The maximum Gasteiger partial charge on any atom is 0.328 e. The number of hydrogen-bond acceptors (Lipinski definition) is 3. The van der Waals surface area contributed by atoms with Crippen molar-refractivity contribution >= 4 is 28.0 Å². The van der Waals surface area contributed by atoms with E-state index in [0.717, 1.165) is 16.1 Å². The maximum atomic E-state index is 10.3. The molecule has 0 aromatic heterocycles. The van der Waals surface area contributed by atoms with Gasteiger partial charge >= 0.3 is 5.97 Å². The summed E-state index contributed by atoms with van der Waals surface area (Å²) in [5, 5.41) is 8.48. The number of fused-ring (bicyclic) bond motifs is 1. The molecule has 0 unspecified atom stereocenters. The lowest BCUT2D eigenvalue weighted by molar-refractivity contribution is -0.131. The van der Waals surface area contributed by atoms with Crippen LogP contribution in [0.4, 0.5) is 0 Å². The minimum Gasteiger partial charge on any atom is -0.478 e. The number of rotatable bonds is 2. The smallest absolute Gasteiger partial charge is 0.328 e. The Balaban J connectivity index is 2.35. The third-order valence-electron chi connectivity index (χ3n) is 1.87. The van der Waals surface area contributed by atoms with E-state index in [1.54, 1.807) is 12.1 Å². The SMILES string of the molecule is O=C(O)/C=C/c1cc(Br)c2c(c1)OCO2. The molecule has 2 rings (SSSR count). The predicted molar refractivity (Wildman–Crippen MR) is 56.9 cm³/mol. The van der Waals surface area contributed by atoms with Gasteiger partial charge in [-0.3, -0.25) is 0 Å². The van der Waals surface area contributed by atoms with E-state index in [0.29, 0.717) is 11.5 Å². The van der Waals surface area contributed by atoms with Gasteiger partial charge in [-0.1, -0.05) is 0 Å². The van der Waals surface area contributed by atoms with E-state index < -0.39 is 5.97 Å². The molecule has 1 N–H and O–H groups in total. The standard InChI is InChI=1S/C10H7BrO4/c11-7-3-6(1-2-9(12)13)4-8-10(7)15-5-14-8/h1-4H,5H2,(H,12,13)/b2-1+. The number of aliphatic carboxylic acids is 1. The van der Waals surface area contributed by atoms with Crippen molar-refractivity contribution in [3.8, 4) is 11.5 Å². The Hall–Kier alpha value is -1.49. The normalized spacial score (nSPS) is 13.4. The molecule has 0 spiro atoms. The summed E-state index contributed by atoms with van der Waals surface area (Å²) in [6, 6.07) is 3.50. The molecule has 0 amide bonds. The number of ether oxygens (including phenoxy) is 2. The van der Waals surface area contributed by atoms with E-state index in [9.17, 15) is 4.79 Å². The summed E-state index contributed by atoms with van der Waals surface area (Å²) < 4.78 is 11.1. The van der Waals surface area contributed by atoms with E-state index in [4.69, 9.17) is 14.6 Å². The molecular weight excluding hydrogens is 264 g/mol. The van der Waals surface area contributed by atoms with Crippen LogP contribution in [0.5, 0.6) is 11.5 Å². The van der Waals surface area contributed by atoms with Gasteiger partial charge in [0.2, 0.25) is 6.79 Å². The molecule has 15 heavy (non-hydrogen) atoms. The number of benzene rings is 1. The lowest BCUT2D eigenvalue weighted by atomic mass is 10.2. The van der Waals surface area contributed by atoms with E-state index >= 15 is 0 Å². The first-order valence-corrected chi connectivity index (χ1v) is 4.96. The average Bonchev–Trinajstić information content (AvgIpc) is 2.63. The topological polar surface area (TPSA) is 55.8 Å². The first kappa shape index (κ1) is 10.0. The van der Waals surface area contributed by atoms with Crippen molar-refractivity contribution in [2.45, 2.75) is 0 Å². The van der Waals surface area contributed by atoms with Crippen LogP contribution in [0.25, 0.3) is 6.08 Å². The van der Waals surface area contributed by atoms with Gasteiger partial charge in [0, 0.05) is 6.08 Å². The zero-order valence-corrected chi connectivity index (χ0v) is 9.15. The van der Waals surface area contributed by atoms with Gasteiger partial charge in [0.1, 0.15) is 0 Å². The van der Waals surface area contributed by atoms with E-state index in [2.05, 4.69) is 15.9 Å². The zero-order chi connectivity index (χ0) is 10.8. The Labute approximate surface area is 94.2 Å². The molecule has 1 aromatic rings. The second-order valence-corrected chi connectivity index (χ2v) is 3.76. The van der Waals surface area contributed by atoms with Gasteiger partial charge in [-0.15, -0.1) is 0 Å². The van der Waals surface area contributed by atoms with Crippen molar-refractivity contribution in [1.29, 1.82) is 0 Å². The number of halogens is 1. The van der Waals surface area contributed by atoms with Gasteiger partial charge in [0.15, 0.2) is 11.5 Å². The molecule has 0 radical (unpaired) electrons. The minimum atomic E-state index is -0.983. The second kappa shape index (κ2) is 3.94. The Kier molecular flexibility index (Phi) is 2.64. The van der Waals surface area contributed by atoms with Crippen molar-refractivity contribution in [2.75, 3.05) is 6.79 Å². The summed E-state index contributed by atoms with van der Waals surface area (Å²) >= 11 is 3.32. The molecular formula is C10H7BrO4. The zero-order valence-electron chi connectivity index (χ0n) is 7.57. The van der Waals surface area contributed by atoms with Gasteiger partial charge in [-0.05, 0) is 39.7 Å². The first-order valence-electron chi connectivity index (χ1n) is 4.17. The van der Waals surface area contributed by atoms with Crippen molar-refractivity contribution < 1.29 is 19.4 Å². The van der Waals surface area contributed by atoms with Crippen LogP contribution < -0.4 is 9.47 Å². The van der Waals surface area contributed by atoms with Gasteiger partial charge < -0.3 is 14.6 Å². The maximum absolute atomic E-state index is 10.3. The molecule has 4 nitrogen and oxygen atoms in total. The second-order valence-electron chi connectivity index (χ2n) is 2.91. The van der Waals surface area contributed by atoms with Crippen LogP contribution in [-0.4, -0.2) is 17.9 Å². The molecule has 0 aliphatic carbocycles. The molecule has 5 heteroatoms. The fourth-order valence-corrected chi connectivity index (χ4v) is 1.83. The molecule has 0 fully saturated rings. The van der Waals surface area contributed by atoms with Gasteiger partial charge in [-0.2, -0.15) is 0 Å². The summed E-state index contributed by atoms with van der Waals surface area (Å²) in [5.74, 6) is 0.292. The molecule has 1 aliphatic rings. The summed E-state index contributed by atoms with van der Waals surface area (Å²) in [4.78, 5) is 10.3. The van der Waals surface area contributed by atoms with Crippen LogP contribution in [0.15, 0.2) is 22.7 Å². The number of hydrogen-bond donors (Lipinski definition) is 1. The monoisotopic (exact) mass is 270 g/mol. The number of carboxylic acids is 1. The van der Waals surface area contributed by atoms with Crippen molar-refractivity contribution in [3.05, 3.63) is 28.2 Å². The Morgan fingerprint density at radius 2 is 2.27 bits per heavy atom. The van der Waals surface area contributed by atoms with Crippen LogP contribution in [-0.2, 0) is 4.79 Å². The third-order valence-corrected chi connectivity index (χ3v) is 2.46. The quantitative estimate of drug-likeness (QED) is 0.838. The minimum absolute atomic E-state index is 0.194. The van der Waals surface area contributed by atoms with Gasteiger partial charge in [0.25, 0.3) is 0 Å². The first-order chi connectivity index (χ1) is 7.16. The average molecular weight is 271 g/mol. The van der Waals surface area contributed by atoms with Crippen LogP contribution in [0, 0.1) is 0 Å². The highest BCUT2D eigenvalue weighted by molar-refractivity contribution is 9.10. The van der Waals surface area contributed by atoms with Crippen LogP contribution in [0.1, 0.15) is 5.56 Å². The van der Waals surface area contributed by atoms with E-state index in [1.807, 2.05) is 0 Å². The van der Waals surface area contributed by atoms with E-state index in [-0.39, 0.29) is 6.79 Å². The Morgan fingerprint density at radius 3 is 3.00 bits per heavy atom. The Bertz CT molecular complexity index is 439. The molecule has 1 heterocycles. The molecule has 0 saturated carbocycles. The molecule has 78 valence electrons. The molecule has 0 bridgehead atoms. The van der Waals surface area contributed by atoms with Crippen molar-refractivity contribution in [2.24, 2.45) is 0 Å². The highest BCUT2D eigenvalue weighted by atomic mass is 79.9. The van der Waals surface area contributed by atoms with Crippen molar-refractivity contribution in [3.63, 3.8) is 0 Å². The molecule has 0 atom stereocenters. The van der Waals surface area contributed by atoms with Gasteiger partial charge in [-0.25, -0.2) is 4.79 Å². The highest BCUT2D eigenvalue weighted by Gasteiger charge is 2.17. The highest BCUT2D eigenvalue weighted by Crippen LogP contribution is 2.40. The summed E-state index contributed by atoms with van der Waals surface area (Å²) in [5.41, 5.74) is 0.744. The fraction of sp³-hybridized carbons (Fsp3) is 0.100. The van der Waals surface area contributed by atoms with Crippen molar-refractivity contribution in [1.82, 2.24) is 0 Å². The summed E-state index contributed by atoms with van der Waals surface area (Å²) in [6.07, 6.45) is 2.57. The van der Waals surface area contributed by atoms with Crippen LogP contribution >= 0.6 is 15.9 Å². The van der Waals surface area contributed by atoms with E-state index in [1.165, 1.54) is 6.08 Å². The molecule has 1 aliphatic heterocycles. The lowest BCUT2D eigenvalue weighted by Gasteiger charge is -2.00. The Morgan fingerprint density at radius 1 is 1.47 bits per heavy atom. The van der Waals surface area contributed by atoms with Crippen LogP contribution in [0.2, 0.25) is 0 Å². The lowest BCUT2D eigenvalue weighted by Crippen LogP contribution is -1.93. The predicted octanol–water partition coefficient (Wildman–Crippen LogP) is 2.28. The summed E-state index contributed by atoms with van der Waals surface area (Å²) in [6.45, 7) is 0.194. The van der Waals surface area contributed by atoms with Crippen LogP contribution in [0.3, 0.4) is 0 Å². The van der Waals surface area contributed by atoms with Gasteiger partial charge in [0.05, 0.1) is 4.47 Å². The number of carbonyl (C=O) groups is 1. The number of carboxylic acid groups (broad SMARTS) is 1. The summed E-state index contributed by atoms with van der Waals surface area (Å²) in [7, 11) is 0. The largest absolute Gasteiger partial charge is 0.478 e. The third kappa shape index (κ3) is 2.12. The molecule has 1 aromatic carbocycles.